The van der Waals surface area contributed by atoms with Crippen LogP contribution in [0.1, 0.15) is 38.7 Å². The average molecular weight is 574 g/mol. The second-order valence-electron chi connectivity index (χ2n) is 9.94. The minimum atomic E-state index is -1.48. The summed E-state index contributed by atoms with van der Waals surface area (Å²) >= 11 is 0. The molecule has 1 heterocycles. The van der Waals surface area contributed by atoms with E-state index in [0.29, 0.717) is 12.0 Å². The van der Waals surface area contributed by atoms with Crippen molar-refractivity contribution in [2.24, 2.45) is 33.1 Å². The molecule has 224 valence electrons. The number of rotatable bonds is 9. The van der Waals surface area contributed by atoms with Crippen molar-refractivity contribution in [1.82, 2.24) is 21.3 Å². The Morgan fingerprint density at radius 1 is 1.00 bits per heavy atom. The van der Waals surface area contributed by atoms with Crippen molar-refractivity contribution in [3.8, 4) is 0 Å². The van der Waals surface area contributed by atoms with Crippen LogP contribution in [-0.4, -0.2) is 83.8 Å². The maximum atomic E-state index is 13.5. The number of nitrogens with two attached hydrogens (primary N) is 3. The highest BCUT2D eigenvalue weighted by atomic mass is 16.4. The van der Waals surface area contributed by atoms with Gasteiger partial charge in [0, 0.05) is 13.0 Å². The molecule has 0 radical (unpaired) electrons. The summed E-state index contributed by atoms with van der Waals surface area (Å²) in [6, 6.07) is 4.09. The molecule has 1 aliphatic rings. The van der Waals surface area contributed by atoms with Gasteiger partial charge in [0.15, 0.2) is 5.96 Å². The number of carboxylic acid groups (broad SMARTS) is 1. The van der Waals surface area contributed by atoms with E-state index in [4.69, 9.17) is 17.2 Å². The molecule has 0 saturated heterocycles. The van der Waals surface area contributed by atoms with Crippen LogP contribution in [0, 0.1) is 5.92 Å². The Morgan fingerprint density at radius 2 is 1.66 bits per heavy atom. The highest BCUT2D eigenvalue weighted by molar-refractivity contribution is 5.98. The van der Waals surface area contributed by atoms with Crippen LogP contribution >= 0.6 is 0 Å². The average Bonchev–Trinajstić information content (AvgIpc) is 2.90. The lowest BCUT2D eigenvalue weighted by Gasteiger charge is -2.27. The number of nitrogens with one attached hydrogen (secondary N) is 4. The maximum absolute atomic E-state index is 13.5. The first-order valence-electron chi connectivity index (χ1n) is 13.2. The van der Waals surface area contributed by atoms with Gasteiger partial charge in [-0.1, -0.05) is 44.2 Å². The van der Waals surface area contributed by atoms with Crippen LogP contribution in [0.4, 0.5) is 0 Å². The fraction of sp³-hybridized carbons (Fsp3) is 0.500. The molecule has 0 unspecified atom stereocenters. The molecule has 0 fully saturated rings. The number of aliphatic imine (C=N–C) groups is 2. The standard InChI is InChI=1S/C26H39N9O6/c1-14(2)21-25(41)33-16(9-6-10-30-26(28)29)22(38)31-13-19(27)32-18(12-20(36)37)23(39)34-17(24(40)35-21)11-15-7-4-3-5-8-15/h3-5,7-8,14,16-18,21H,6,9-13H2,1-2H3,(H2,27,32)(H,31,38)(H,33,41)(H,34,39)(H,35,40)(H,36,37)(H4,28,29,30)/t16-,17+,18-,21-/m0/s1. The van der Waals surface area contributed by atoms with Gasteiger partial charge < -0.3 is 43.6 Å². The lowest BCUT2D eigenvalue weighted by Crippen LogP contribution is -2.59. The van der Waals surface area contributed by atoms with Gasteiger partial charge in [-0.3, -0.25) is 34.0 Å². The second-order valence-corrected chi connectivity index (χ2v) is 9.94. The van der Waals surface area contributed by atoms with Crippen LogP contribution in [0.25, 0.3) is 0 Å². The van der Waals surface area contributed by atoms with Gasteiger partial charge in [-0.15, -0.1) is 0 Å². The van der Waals surface area contributed by atoms with Crippen molar-refractivity contribution in [2.75, 3.05) is 13.1 Å². The third-order valence-corrected chi connectivity index (χ3v) is 6.18. The van der Waals surface area contributed by atoms with Gasteiger partial charge >= 0.3 is 5.97 Å². The Morgan fingerprint density at radius 3 is 2.27 bits per heavy atom. The highest BCUT2D eigenvalue weighted by Gasteiger charge is 2.33. The topological polar surface area (TPSA) is 256 Å². The molecule has 4 amide bonds. The first-order valence-corrected chi connectivity index (χ1v) is 13.2. The number of aliphatic carboxylic acids is 1. The minimum absolute atomic E-state index is 0.0529. The monoisotopic (exact) mass is 573 g/mol. The van der Waals surface area contributed by atoms with Crippen molar-refractivity contribution < 1.29 is 29.1 Å². The molecule has 15 nitrogen and oxygen atoms in total. The molecule has 41 heavy (non-hydrogen) atoms. The van der Waals surface area contributed by atoms with E-state index in [2.05, 4.69) is 31.3 Å². The van der Waals surface area contributed by atoms with Gasteiger partial charge in [0.2, 0.25) is 23.6 Å². The predicted octanol–water partition coefficient (Wildman–Crippen LogP) is -2.28. The lowest BCUT2D eigenvalue weighted by atomic mass is 10.00. The Balaban J connectivity index is 2.46. The number of amidine groups is 1. The van der Waals surface area contributed by atoms with Crippen molar-refractivity contribution in [1.29, 1.82) is 0 Å². The summed E-state index contributed by atoms with van der Waals surface area (Å²) in [5.41, 5.74) is 17.4. The Labute approximate surface area is 237 Å². The summed E-state index contributed by atoms with van der Waals surface area (Å²) in [6.07, 6.45) is -0.154. The van der Waals surface area contributed by atoms with Crippen LogP contribution in [0.5, 0.6) is 0 Å². The van der Waals surface area contributed by atoms with Gasteiger partial charge in [-0.2, -0.15) is 0 Å². The maximum Gasteiger partial charge on any atom is 0.306 e. The summed E-state index contributed by atoms with van der Waals surface area (Å²) < 4.78 is 0. The van der Waals surface area contributed by atoms with Crippen molar-refractivity contribution in [3.05, 3.63) is 35.9 Å². The normalized spacial score (nSPS) is 22.7. The molecule has 11 N–H and O–H groups in total. The van der Waals surface area contributed by atoms with E-state index < -0.39 is 66.1 Å². The van der Waals surface area contributed by atoms with E-state index in [1.165, 1.54) is 0 Å². The van der Waals surface area contributed by atoms with Gasteiger partial charge in [0.1, 0.15) is 30.0 Å². The molecule has 0 aromatic heterocycles. The van der Waals surface area contributed by atoms with E-state index in [-0.39, 0.29) is 37.7 Å². The molecule has 4 atom stereocenters. The van der Waals surface area contributed by atoms with Gasteiger partial charge in [0.25, 0.3) is 0 Å². The molecular formula is C26H39N9O6. The summed E-state index contributed by atoms with van der Waals surface area (Å²) in [5, 5.41) is 19.8. The van der Waals surface area contributed by atoms with Crippen molar-refractivity contribution >= 4 is 41.4 Å². The number of benzene rings is 1. The van der Waals surface area contributed by atoms with E-state index in [1.807, 2.05) is 0 Å². The molecule has 15 heteroatoms. The van der Waals surface area contributed by atoms with Crippen LogP contribution in [0.2, 0.25) is 0 Å². The first-order chi connectivity index (χ1) is 19.4. The summed E-state index contributed by atoms with van der Waals surface area (Å²) in [5.74, 6) is -4.79. The van der Waals surface area contributed by atoms with E-state index >= 15 is 0 Å². The summed E-state index contributed by atoms with van der Waals surface area (Å²) in [4.78, 5) is 72.3. The molecule has 0 aliphatic carbocycles. The van der Waals surface area contributed by atoms with Gasteiger partial charge in [-0.25, -0.2) is 0 Å². The van der Waals surface area contributed by atoms with Crippen LogP contribution < -0.4 is 38.5 Å². The zero-order valence-corrected chi connectivity index (χ0v) is 23.1. The van der Waals surface area contributed by atoms with Crippen LogP contribution in [0.3, 0.4) is 0 Å². The fourth-order valence-corrected chi connectivity index (χ4v) is 4.06. The third kappa shape index (κ3) is 11.1. The number of hydrogen-bond donors (Lipinski definition) is 8. The van der Waals surface area contributed by atoms with Crippen LogP contribution in [0.15, 0.2) is 40.3 Å². The molecular weight excluding hydrogens is 534 g/mol. The van der Waals surface area contributed by atoms with Crippen molar-refractivity contribution in [3.63, 3.8) is 0 Å². The molecule has 0 spiro atoms. The van der Waals surface area contributed by atoms with Gasteiger partial charge in [0.05, 0.1) is 13.0 Å². The summed E-state index contributed by atoms with van der Waals surface area (Å²) in [6.45, 7) is 3.33. The molecule has 0 bridgehead atoms. The molecule has 1 aromatic carbocycles. The smallest absolute Gasteiger partial charge is 0.306 e. The largest absolute Gasteiger partial charge is 0.481 e. The molecule has 0 saturated carbocycles. The second kappa shape index (κ2) is 15.8. The minimum Gasteiger partial charge on any atom is -0.481 e. The molecule has 2 rings (SSSR count). The first kappa shape index (κ1) is 32.5. The zero-order chi connectivity index (χ0) is 30.5. The molecule has 1 aliphatic heterocycles. The number of nitrogens with zero attached hydrogens (tertiary/aromatic N) is 2. The number of hydrogen-bond acceptors (Lipinski definition) is 8. The fourth-order valence-electron chi connectivity index (χ4n) is 4.06. The Hall–Kier alpha value is -4.69. The van der Waals surface area contributed by atoms with E-state index in [1.54, 1.807) is 44.2 Å². The summed E-state index contributed by atoms with van der Waals surface area (Å²) in [7, 11) is 0. The highest BCUT2D eigenvalue weighted by Crippen LogP contribution is 2.10. The van der Waals surface area contributed by atoms with Crippen molar-refractivity contribution in [2.45, 2.75) is 63.7 Å². The third-order valence-electron chi connectivity index (χ3n) is 6.18. The Kier molecular flexibility index (Phi) is 12.5. The quantitative estimate of drug-likeness (QED) is 0.0898. The predicted molar refractivity (Wildman–Crippen MR) is 151 cm³/mol. The SMILES string of the molecule is CC(C)[C@@H]1NC(=O)[C@@H](Cc2ccccc2)NC(=O)[C@H](CC(=O)O)N=C(N)CNC(=O)[C@H](CCCN=C(N)N)NC1=O. The number of amides is 4. The molecule has 1 aromatic rings. The lowest BCUT2D eigenvalue weighted by molar-refractivity contribution is -0.139. The van der Waals surface area contributed by atoms with E-state index in [9.17, 15) is 29.1 Å². The Bertz CT molecular complexity index is 1150. The zero-order valence-electron chi connectivity index (χ0n) is 23.1. The number of carbonyl (C=O) groups excluding carboxylic acids is 4. The van der Waals surface area contributed by atoms with E-state index in [0.717, 1.165) is 0 Å². The number of carbonyl (C=O) groups is 5. The van der Waals surface area contributed by atoms with Crippen LogP contribution in [-0.2, 0) is 30.4 Å². The van der Waals surface area contributed by atoms with Gasteiger partial charge in [-0.05, 0) is 24.3 Å². The number of carboxylic acids is 1. The number of guanidine groups is 1.